The summed E-state index contributed by atoms with van der Waals surface area (Å²) in [6.45, 7) is 2.11. The summed E-state index contributed by atoms with van der Waals surface area (Å²) in [5.74, 6) is 2.11. The Morgan fingerprint density at radius 2 is 1.76 bits per heavy atom. The highest BCUT2D eigenvalue weighted by molar-refractivity contribution is 5.82. The lowest BCUT2D eigenvalue weighted by Crippen LogP contribution is -2.36. The highest BCUT2D eigenvalue weighted by atomic mass is 16.1. The summed E-state index contributed by atoms with van der Waals surface area (Å²) in [6.07, 6.45) is 8.01. The topological polar surface area (TPSA) is 55.7 Å². The minimum atomic E-state index is 0.138. The number of pyridine rings is 1. The highest BCUT2D eigenvalue weighted by Crippen LogP contribution is 2.46. The van der Waals surface area contributed by atoms with E-state index in [1.54, 1.807) is 12.4 Å². The van der Waals surface area contributed by atoms with Crippen molar-refractivity contribution in [2.45, 2.75) is 44.9 Å². The molecule has 1 aromatic carbocycles. The zero-order chi connectivity index (χ0) is 19.8. The van der Waals surface area contributed by atoms with Gasteiger partial charge in [0.15, 0.2) is 5.82 Å². The summed E-state index contributed by atoms with van der Waals surface area (Å²) >= 11 is 0. The Kier molecular flexibility index (Phi) is 4.70. The number of nitrogens with zero attached hydrogens (tertiary/aromatic N) is 3. The van der Waals surface area contributed by atoms with Crippen LogP contribution >= 0.6 is 0 Å². The first-order valence-corrected chi connectivity index (χ1v) is 10.6. The molecule has 1 fully saturated rings. The molecule has 2 aromatic heterocycles. The van der Waals surface area contributed by atoms with Gasteiger partial charge in [-0.15, -0.1) is 0 Å². The molecule has 2 aliphatic carbocycles. The van der Waals surface area contributed by atoms with Crippen LogP contribution in [0.2, 0.25) is 0 Å². The van der Waals surface area contributed by atoms with E-state index in [9.17, 15) is 4.79 Å². The summed E-state index contributed by atoms with van der Waals surface area (Å²) in [5.41, 5.74) is 5.90. The summed E-state index contributed by atoms with van der Waals surface area (Å²) in [7, 11) is 0. The van der Waals surface area contributed by atoms with Crippen LogP contribution in [-0.2, 0) is 17.6 Å². The van der Waals surface area contributed by atoms with Crippen LogP contribution in [0.25, 0.3) is 11.4 Å². The third kappa shape index (κ3) is 3.37. The molecule has 3 aromatic rings. The SMILES string of the molecule is CC1C(=O)CCC2c3nc(-c4ccncc4)nc(Cc4ccccc4)c3CCC12. The zero-order valence-corrected chi connectivity index (χ0v) is 16.7. The zero-order valence-electron chi connectivity index (χ0n) is 16.7. The molecule has 0 amide bonds. The molecule has 2 aliphatic rings. The van der Waals surface area contributed by atoms with Crippen molar-refractivity contribution in [1.82, 2.24) is 15.0 Å². The molecule has 4 heteroatoms. The Labute approximate surface area is 171 Å². The van der Waals surface area contributed by atoms with Crippen molar-refractivity contribution in [3.8, 4) is 11.4 Å². The first-order valence-electron chi connectivity index (χ1n) is 10.6. The smallest absolute Gasteiger partial charge is 0.159 e. The van der Waals surface area contributed by atoms with E-state index in [1.165, 1.54) is 16.8 Å². The van der Waals surface area contributed by atoms with Gasteiger partial charge in [0.2, 0.25) is 0 Å². The van der Waals surface area contributed by atoms with Gasteiger partial charge < -0.3 is 0 Å². The molecule has 0 N–H and O–H groups in total. The largest absolute Gasteiger partial charge is 0.299 e. The predicted molar refractivity (Wildman–Crippen MR) is 112 cm³/mol. The maximum absolute atomic E-state index is 12.3. The molecule has 5 rings (SSSR count). The Morgan fingerprint density at radius 3 is 2.55 bits per heavy atom. The van der Waals surface area contributed by atoms with Crippen molar-refractivity contribution < 1.29 is 4.79 Å². The van der Waals surface area contributed by atoms with E-state index in [0.717, 1.165) is 42.8 Å². The maximum Gasteiger partial charge on any atom is 0.159 e. The van der Waals surface area contributed by atoms with Crippen LogP contribution in [0.5, 0.6) is 0 Å². The van der Waals surface area contributed by atoms with Crippen molar-refractivity contribution in [3.63, 3.8) is 0 Å². The Balaban J connectivity index is 1.63. The number of benzene rings is 1. The number of fused-ring (bicyclic) bond motifs is 3. The van der Waals surface area contributed by atoms with Gasteiger partial charge in [0.1, 0.15) is 5.78 Å². The molecule has 146 valence electrons. The number of carbonyl (C=O) groups excluding carboxylic acids is 1. The quantitative estimate of drug-likeness (QED) is 0.653. The number of carbonyl (C=O) groups is 1. The van der Waals surface area contributed by atoms with Crippen LogP contribution in [0, 0.1) is 11.8 Å². The number of rotatable bonds is 3. The lowest BCUT2D eigenvalue weighted by Gasteiger charge is -2.40. The second kappa shape index (κ2) is 7.51. The summed E-state index contributed by atoms with van der Waals surface area (Å²) in [6, 6.07) is 14.5. The second-order valence-electron chi connectivity index (χ2n) is 8.36. The van der Waals surface area contributed by atoms with E-state index in [-0.39, 0.29) is 5.92 Å². The lowest BCUT2D eigenvalue weighted by molar-refractivity contribution is -0.126. The van der Waals surface area contributed by atoms with E-state index >= 15 is 0 Å². The van der Waals surface area contributed by atoms with Crippen molar-refractivity contribution >= 4 is 5.78 Å². The average molecular weight is 383 g/mol. The standard InChI is InChI=1S/C25H25N3O/c1-16-19-7-8-21-22(15-17-5-3-2-4-6-17)27-25(18-11-13-26-14-12-18)28-24(21)20(19)9-10-23(16)29/h2-6,11-14,16,19-20H,7-10,15H2,1H3. The predicted octanol–water partition coefficient (Wildman–Crippen LogP) is 4.77. The molecular weight excluding hydrogens is 358 g/mol. The van der Waals surface area contributed by atoms with Gasteiger partial charge in [0.25, 0.3) is 0 Å². The van der Waals surface area contributed by atoms with Crippen LogP contribution in [0.3, 0.4) is 0 Å². The van der Waals surface area contributed by atoms with Crippen LogP contribution in [-0.4, -0.2) is 20.7 Å². The van der Waals surface area contributed by atoms with Gasteiger partial charge >= 0.3 is 0 Å². The number of aromatic nitrogens is 3. The minimum absolute atomic E-state index is 0.138. The van der Waals surface area contributed by atoms with Crippen molar-refractivity contribution in [2.75, 3.05) is 0 Å². The van der Waals surface area contributed by atoms with Crippen LogP contribution in [0.4, 0.5) is 0 Å². The third-order valence-electron chi connectivity index (χ3n) is 6.73. The number of hydrogen-bond donors (Lipinski definition) is 0. The Morgan fingerprint density at radius 1 is 0.966 bits per heavy atom. The van der Waals surface area contributed by atoms with E-state index in [0.29, 0.717) is 24.0 Å². The second-order valence-corrected chi connectivity index (χ2v) is 8.36. The number of ketones is 1. The van der Waals surface area contributed by atoms with Gasteiger partial charge in [0.05, 0.1) is 11.4 Å². The van der Waals surface area contributed by atoms with E-state index in [2.05, 4.69) is 36.2 Å². The fourth-order valence-corrected chi connectivity index (χ4v) is 5.12. The molecule has 4 nitrogen and oxygen atoms in total. The van der Waals surface area contributed by atoms with Gasteiger partial charge in [-0.1, -0.05) is 37.3 Å². The highest BCUT2D eigenvalue weighted by Gasteiger charge is 2.41. The summed E-state index contributed by atoms with van der Waals surface area (Å²) < 4.78 is 0. The van der Waals surface area contributed by atoms with E-state index in [4.69, 9.17) is 9.97 Å². The van der Waals surface area contributed by atoms with Crippen molar-refractivity contribution in [1.29, 1.82) is 0 Å². The maximum atomic E-state index is 12.3. The molecule has 1 saturated carbocycles. The van der Waals surface area contributed by atoms with Gasteiger partial charge in [-0.05, 0) is 48.4 Å². The van der Waals surface area contributed by atoms with Crippen LogP contribution < -0.4 is 0 Å². The Bertz CT molecular complexity index is 1030. The Hall–Kier alpha value is -2.88. The molecule has 0 aliphatic heterocycles. The average Bonchev–Trinajstić information content (AvgIpc) is 2.77. The van der Waals surface area contributed by atoms with Crippen LogP contribution in [0.1, 0.15) is 54.6 Å². The monoisotopic (exact) mass is 383 g/mol. The van der Waals surface area contributed by atoms with E-state index in [1.807, 2.05) is 18.2 Å². The van der Waals surface area contributed by atoms with Crippen molar-refractivity contribution in [2.24, 2.45) is 11.8 Å². The van der Waals surface area contributed by atoms with Gasteiger partial charge in [-0.25, -0.2) is 9.97 Å². The van der Waals surface area contributed by atoms with Gasteiger partial charge in [-0.2, -0.15) is 0 Å². The molecule has 0 radical (unpaired) electrons. The molecule has 0 bridgehead atoms. The first kappa shape index (κ1) is 18.2. The molecular formula is C25H25N3O. The summed E-state index contributed by atoms with van der Waals surface area (Å²) in [5, 5.41) is 0. The van der Waals surface area contributed by atoms with Gasteiger partial charge in [0, 0.05) is 42.6 Å². The van der Waals surface area contributed by atoms with Crippen LogP contribution in [0.15, 0.2) is 54.9 Å². The fourth-order valence-electron chi connectivity index (χ4n) is 5.12. The molecule has 0 spiro atoms. The molecule has 0 saturated heterocycles. The molecule has 29 heavy (non-hydrogen) atoms. The summed E-state index contributed by atoms with van der Waals surface area (Å²) in [4.78, 5) is 26.6. The fraction of sp³-hybridized carbons (Fsp3) is 0.360. The molecule has 2 heterocycles. The normalized spacial score (nSPS) is 23.3. The number of hydrogen-bond acceptors (Lipinski definition) is 4. The first-order chi connectivity index (χ1) is 14.2. The number of Topliss-reactive ketones (excluding diaryl/α,β-unsaturated/α-hetero) is 1. The third-order valence-corrected chi connectivity index (χ3v) is 6.73. The van der Waals surface area contributed by atoms with Crippen molar-refractivity contribution in [3.05, 3.63) is 77.4 Å². The van der Waals surface area contributed by atoms with E-state index < -0.39 is 0 Å². The van der Waals surface area contributed by atoms with Gasteiger partial charge in [-0.3, -0.25) is 9.78 Å². The minimum Gasteiger partial charge on any atom is -0.299 e. The molecule has 3 atom stereocenters. The molecule has 3 unspecified atom stereocenters. The lowest BCUT2D eigenvalue weighted by atomic mass is 9.65.